The van der Waals surface area contributed by atoms with Crippen molar-refractivity contribution in [3.63, 3.8) is 0 Å². The number of rotatable bonds is 0. The normalized spacial score (nSPS) is 11.5. The maximum Gasteiger partial charge on any atom is 3.00 e. The van der Waals surface area contributed by atoms with E-state index in [-0.39, 0.29) is 35.7 Å². The monoisotopic (exact) mass is 471 g/mol. The summed E-state index contributed by atoms with van der Waals surface area (Å²) in [5, 5.41) is 23.0. The second-order valence-corrected chi connectivity index (χ2v) is 9.50. The van der Waals surface area contributed by atoms with Gasteiger partial charge in [-0.3, -0.25) is 0 Å². The largest absolute Gasteiger partial charge is 3.00 e. The third-order valence-electron chi connectivity index (χ3n) is 3.70. The molecular formula is C21H33N6Ru. The van der Waals surface area contributed by atoms with Crippen molar-refractivity contribution in [3.8, 4) is 0 Å². The third kappa shape index (κ3) is 9.45. The third-order valence-corrected chi connectivity index (χ3v) is 3.70. The molecule has 7 heteroatoms. The molecule has 0 amide bonds. The van der Waals surface area contributed by atoms with Gasteiger partial charge in [-0.2, -0.15) is 18.6 Å². The molecule has 1 radical (unpaired) electrons. The zero-order chi connectivity index (χ0) is 20.7. The fourth-order valence-electron chi connectivity index (χ4n) is 1.90. The molecule has 28 heavy (non-hydrogen) atoms. The zero-order valence-corrected chi connectivity index (χ0v) is 20.2. The van der Waals surface area contributed by atoms with E-state index >= 15 is 0 Å². The fourth-order valence-corrected chi connectivity index (χ4v) is 1.90. The maximum atomic E-state index is 3.94. The number of aromatic nitrogens is 6. The van der Waals surface area contributed by atoms with Crippen LogP contribution in [0, 0.1) is 0 Å². The van der Waals surface area contributed by atoms with E-state index in [2.05, 4.69) is 92.9 Å². The van der Waals surface area contributed by atoms with E-state index in [1.54, 1.807) is 18.6 Å². The molecule has 155 valence electrons. The Morgan fingerprint density at radius 1 is 0.500 bits per heavy atom. The molecule has 3 aromatic rings. The van der Waals surface area contributed by atoms with Crippen molar-refractivity contribution < 1.29 is 19.5 Å². The van der Waals surface area contributed by atoms with Gasteiger partial charge in [0.1, 0.15) is 0 Å². The predicted octanol–water partition coefficient (Wildman–Crippen LogP) is 4.01. The predicted molar refractivity (Wildman–Crippen MR) is 109 cm³/mol. The first-order valence-electron chi connectivity index (χ1n) is 9.16. The van der Waals surface area contributed by atoms with Crippen LogP contribution in [0.1, 0.15) is 79.4 Å². The van der Waals surface area contributed by atoms with E-state index in [0.29, 0.717) is 0 Å². The molecule has 3 aromatic heterocycles. The summed E-state index contributed by atoms with van der Waals surface area (Å²) in [6.07, 6.45) is 5.17. The van der Waals surface area contributed by atoms with E-state index in [0.717, 1.165) is 17.1 Å². The van der Waals surface area contributed by atoms with Gasteiger partial charge in [0, 0.05) is 33.3 Å². The van der Waals surface area contributed by atoms with Crippen LogP contribution in [0.3, 0.4) is 0 Å². The van der Waals surface area contributed by atoms with Crippen LogP contribution in [0.4, 0.5) is 0 Å². The zero-order valence-electron chi connectivity index (χ0n) is 18.5. The number of nitrogens with zero attached hydrogens (tertiary/aromatic N) is 6. The Kier molecular flexibility index (Phi) is 10.0. The molecular weight excluding hydrogens is 437 g/mol. The van der Waals surface area contributed by atoms with Crippen LogP contribution in [0.25, 0.3) is 0 Å². The van der Waals surface area contributed by atoms with Crippen molar-refractivity contribution in [2.75, 3.05) is 0 Å². The second-order valence-electron chi connectivity index (χ2n) is 9.50. The van der Waals surface area contributed by atoms with E-state index in [1.807, 2.05) is 18.2 Å². The SMILES string of the molecule is CC(C)(C)c1cc[n-]n1.CC(C)(C)c1cc[n-]n1.CC(C)(C)c1cc[n-]n1.[Ru+3]. The molecule has 0 atom stereocenters. The molecule has 0 spiro atoms. The van der Waals surface area contributed by atoms with Crippen molar-refractivity contribution in [3.05, 3.63) is 53.9 Å². The Morgan fingerprint density at radius 2 is 0.714 bits per heavy atom. The molecule has 0 bridgehead atoms. The van der Waals surface area contributed by atoms with Gasteiger partial charge in [-0.05, 0) is 0 Å². The van der Waals surface area contributed by atoms with Crippen LogP contribution >= 0.6 is 0 Å². The first-order chi connectivity index (χ1) is 12.3. The molecule has 0 aliphatic rings. The minimum atomic E-state index is 0. The van der Waals surface area contributed by atoms with Gasteiger partial charge >= 0.3 is 19.5 Å². The van der Waals surface area contributed by atoms with Crippen LogP contribution in [0.5, 0.6) is 0 Å². The maximum absolute atomic E-state index is 3.94. The molecule has 0 aliphatic carbocycles. The van der Waals surface area contributed by atoms with Crippen molar-refractivity contribution >= 4 is 0 Å². The molecule has 0 fully saturated rings. The standard InChI is InChI=1S/3C7H11N2.Ru/c3*1-7(2,3)6-4-5-8-9-6;/h3*4-5H,1-3H3;/q3*-1;+3. The molecule has 3 heterocycles. The molecule has 0 unspecified atom stereocenters. The van der Waals surface area contributed by atoms with Gasteiger partial charge in [-0.15, -0.1) is 0 Å². The number of hydrogen-bond acceptors (Lipinski definition) is 3. The molecule has 0 saturated carbocycles. The summed E-state index contributed by atoms with van der Waals surface area (Å²) in [4.78, 5) is 0. The summed E-state index contributed by atoms with van der Waals surface area (Å²) in [5.41, 5.74) is 3.62. The average molecular weight is 471 g/mol. The van der Waals surface area contributed by atoms with Gasteiger partial charge in [0.05, 0.1) is 0 Å². The van der Waals surface area contributed by atoms with Crippen LogP contribution in [-0.4, -0.2) is 15.3 Å². The molecule has 0 N–H and O–H groups in total. The van der Waals surface area contributed by atoms with E-state index in [4.69, 9.17) is 0 Å². The van der Waals surface area contributed by atoms with Crippen molar-refractivity contribution in [1.82, 2.24) is 30.6 Å². The van der Waals surface area contributed by atoms with Crippen molar-refractivity contribution in [2.24, 2.45) is 0 Å². The fraction of sp³-hybridized carbons (Fsp3) is 0.571. The van der Waals surface area contributed by atoms with Crippen LogP contribution in [-0.2, 0) is 35.7 Å². The van der Waals surface area contributed by atoms with Gasteiger partial charge in [0.25, 0.3) is 0 Å². The summed E-state index contributed by atoms with van der Waals surface area (Å²) in [6.45, 7) is 19.1. The van der Waals surface area contributed by atoms with E-state index < -0.39 is 0 Å². The summed E-state index contributed by atoms with van der Waals surface area (Å²) >= 11 is 0. The Morgan fingerprint density at radius 3 is 0.786 bits per heavy atom. The Hall–Kier alpha value is -1.75. The Labute approximate surface area is 182 Å². The first-order valence-corrected chi connectivity index (χ1v) is 9.16. The van der Waals surface area contributed by atoms with Crippen molar-refractivity contribution in [1.29, 1.82) is 0 Å². The average Bonchev–Trinajstić information content (AvgIpc) is 3.28. The quantitative estimate of drug-likeness (QED) is 0.462. The molecule has 0 aliphatic heterocycles. The number of hydrogen-bond donors (Lipinski definition) is 0. The minimum absolute atomic E-state index is 0. The Bertz CT molecular complexity index is 619. The molecule has 3 rings (SSSR count). The summed E-state index contributed by atoms with van der Waals surface area (Å²) in [5.74, 6) is 0. The smallest absolute Gasteiger partial charge is 0.581 e. The van der Waals surface area contributed by atoms with Crippen molar-refractivity contribution in [2.45, 2.75) is 78.6 Å². The van der Waals surface area contributed by atoms with Gasteiger partial charge in [-0.1, -0.05) is 80.5 Å². The van der Waals surface area contributed by atoms with Crippen LogP contribution < -0.4 is 15.3 Å². The van der Waals surface area contributed by atoms with Gasteiger partial charge < -0.3 is 30.6 Å². The van der Waals surface area contributed by atoms with E-state index in [9.17, 15) is 0 Å². The summed E-state index contributed by atoms with van der Waals surface area (Å²) in [7, 11) is 0. The van der Waals surface area contributed by atoms with Crippen LogP contribution in [0.15, 0.2) is 36.8 Å². The topological polar surface area (TPSA) is 81.0 Å². The van der Waals surface area contributed by atoms with Crippen LogP contribution in [0.2, 0.25) is 0 Å². The molecule has 0 aromatic carbocycles. The van der Waals surface area contributed by atoms with Gasteiger partial charge in [-0.25, -0.2) is 0 Å². The van der Waals surface area contributed by atoms with Gasteiger partial charge in [0.2, 0.25) is 0 Å². The summed E-state index contributed by atoms with van der Waals surface area (Å²) in [6, 6.07) is 5.83. The van der Waals surface area contributed by atoms with Gasteiger partial charge in [0.15, 0.2) is 0 Å². The first kappa shape index (κ1) is 26.3. The summed E-state index contributed by atoms with van der Waals surface area (Å²) < 4.78 is 0. The second kappa shape index (κ2) is 10.7. The molecule has 6 nitrogen and oxygen atoms in total. The molecule has 0 saturated heterocycles. The van der Waals surface area contributed by atoms with E-state index in [1.165, 1.54) is 0 Å². The minimum Gasteiger partial charge on any atom is -0.581 e. The Balaban J connectivity index is 0.000000384.